The molecule has 0 aromatic rings. The van der Waals surface area contributed by atoms with E-state index in [-0.39, 0.29) is 28.8 Å². The van der Waals surface area contributed by atoms with E-state index in [0.717, 1.165) is 6.42 Å². The van der Waals surface area contributed by atoms with Gasteiger partial charge in [-0.2, -0.15) is 0 Å². The standard InChI is InChI=1S/C20H33N3O5S/c1-5-21-17(25)15-7-6-10-23(15)18(26)13(2)22-29(27,28)12-20-9-8-14(11-16(20)24)19(20,3)4/h13-15,22H,5-12H2,1-4H3,(H,21,25)/t13-,14?,15-,20?/m0/s1. The number of likely N-dealkylation sites (tertiary alicyclic amines) is 1. The molecule has 2 bridgehead atoms. The molecule has 1 aliphatic heterocycles. The number of nitrogens with one attached hydrogen (secondary N) is 2. The molecule has 3 rings (SSSR count). The van der Waals surface area contributed by atoms with Crippen molar-refractivity contribution in [2.75, 3.05) is 18.8 Å². The maximum Gasteiger partial charge on any atom is 0.242 e. The molecular weight excluding hydrogens is 394 g/mol. The van der Waals surface area contributed by atoms with E-state index in [9.17, 15) is 22.8 Å². The van der Waals surface area contributed by atoms with Crippen LogP contribution in [0.15, 0.2) is 0 Å². The van der Waals surface area contributed by atoms with Gasteiger partial charge in [0.25, 0.3) is 0 Å². The van der Waals surface area contributed by atoms with Crippen LogP contribution in [-0.2, 0) is 24.4 Å². The summed E-state index contributed by atoms with van der Waals surface area (Å²) in [6, 6.07) is -1.54. The van der Waals surface area contributed by atoms with E-state index in [1.54, 1.807) is 0 Å². The van der Waals surface area contributed by atoms with Crippen LogP contribution < -0.4 is 10.0 Å². The summed E-state index contributed by atoms with van der Waals surface area (Å²) in [5.41, 5.74) is -1.23. The number of rotatable bonds is 7. The third-order valence-electron chi connectivity index (χ3n) is 7.49. The van der Waals surface area contributed by atoms with Crippen molar-refractivity contribution in [1.29, 1.82) is 0 Å². The molecule has 29 heavy (non-hydrogen) atoms. The summed E-state index contributed by atoms with van der Waals surface area (Å²) in [5, 5.41) is 2.73. The lowest BCUT2D eigenvalue weighted by Crippen LogP contribution is -2.54. The van der Waals surface area contributed by atoms with Crippen LogP contribution in [0.25, 0.3) is 0 Å². The van der Waals surface area contributed by atoms with Gasteiger partial charge in [0.2, 0.25) is 21.8 Å². The second-order valence-electron chi connectivity index (χ2n) is 9.35. The molecule has 4 atom stereocenters. The highest BCUT2D eigenvalue weighted by atomic mass is 32.2. The van der Waals surface area contributed by atoms with E-state index in [1.165, 1.54) is 11.8 Å². The van der Waals surface area contributed by atoms with Crippen molar-refractivity contribution in [3.63, 3.8) is 0 Å². The van der Waals surface area contributed by atoms with Crippen LogP contribution in [0, 0.1) is 16.7 Å². The molecule has 0 aromatic heterocycles. The first-order valence-electron chi connectivity index (χ1n) is 10.6. The average molecular weight is 428 g/mol. The maximum atomic E-state index is 12.9. The Morgan fingerprint density at radius 1 is 1.28 bits per heavy atom. The molecule has 0 aromatic carbocycles. The zero-order chi connectivity index (χ0) is 21.6. The highest BCUT2D eigenvalue weighted by molar-refractivity contribution is 7.89. The quantitative estimate of drug-likeness (QED) is 0.625. The van der Waals surface area contributed by atoms with Gasteiger partial charge in [0.1, 0.15) is 11.8 Å². The Balaban J connectivity index is 1.69. The van der Waals surface area contributed by atoms with Crippen LogP contribution in [-0.4, -0.2) is 61.8 Å². The van der Waals surface area contributed by atoms with E-state index in [2.05, 4.69) is 10.0 Å². The van der Waals surface area contributed by atoms with Gasteiger partial charge in [-0.25, -0.2) is 13.1 Å². The van der Waals surface area contributed by atoms with Crippen LogP contribution in [0.1, 0.15) is 59.8 Å². The van der Waals surface area contributed by atoms with Crippen LogP contribution in [0.3, 0.4) is 0 Å². The molecule has 8 nitrogen and oxygen atoms in total. The lowest BCUT2D eigenvalue weighted by molar-refractivity contribution is -0.139. The Kier molecular flexibility index (Phi) is 5.86. The van der Waals surface area contributed by atoms with E-state index >= 15 is 0 Å². The smallest absolute Gasteiger partial charge is 0.242 e. The van der Waals surface area contributed by atoms with Gasteiger partial charge in [-0.3, -0.25) is 14.4 Å². The molecule has 3 aliphatic rings. The Morgan fingerprint density at radius 3 is 2.52 bits per heavy atom. The normalized spacial score (nSPS) is 31.9. The zero-order valence-corrected chi connectivity index (χ0v) is 18.6. The van der Waals surface area contributed by atoms with Crippen molar-refractivity contribution < 1.29 is 22.8 Å². The summed E-state index contributed by atoms with van der Waals surface area (Å²) in [7, 11) is -3.85. The van der Waals surface area contributed by atoms with Gasteiger partial charge in [-0.15, -0.1) is 0 Å². The van der Waals surface area contributed by atoms with Gasteiger partial charge in [0, 0.05) is 24.9 Å². The number of sulfonamides is 1. The number of carbonyl (C=O) groups excluding carboxylic acids is 3. The molecule has 164 valence electrons. The molecule has 2 saturated carbocycles. The summed E-state index contributed by atoms with van der Waals surface area (Å²) >= 11 is 0. The van der Waals surface area contributed by atoms with E-state index < -0.39 is 33.4 Å². The second kappa shape index (κ2) is 7.65. The second-order valence-corrected chi connectivity index (χ2v) is 11.1. The first-order chi connectivity index (χ1) is 13.4. The Bertz CT molecular complexity index is 809. The number of likely N-dealkylation sites (N-methyl/N-ethyl adjacent to an activating group) is 1. The summed E-state index contributed by atoms with van der Waals surface area (Å²) in [6.45, 7) is 8.20. The van der Waals surface area contributed by atoms with E-state index in [1.807, 2.05) is 20.8 Å². The Morgan fingerprint density at radius 2 is 1.97 bits per heavy atom. The van der Waals surface area contributed by atoms with Gasteiger partial charge in [-0.1, -0.05) is 13.8 Å². The molecule has 9 heteroatoms. The van der Waals surface area contributed by atoms with Gasteiger partial charge in [-0.05, 0) is 50.9 Å². The molecule has 2 N–H and O–H groups in total. The van der Waals surface area contributed by atoms with Crippen molar-refractivity contribution >= 4 is 27.6 Å². The zero-order valence-electron chi connectivity index (χ0n) is 17.8. The molecule has 1 saturated heterocycles. The molecule has 1 heterocycles. The Hall–Kier alpha value is -1.48. The van der Waals surface area contributed by atoms with Crippen molar-refractivity contribution in [2.24, 2.45) is 16.7 Å². The molecule has 3 fully saturated rings. The molecule has 2 amide bonds. The fourth-order valence-electron chi connectivity index (χ4n) is 5.64. The van der Waals surface area contributed by atoms with Gasteiger partial charge in [0.05, 0.1) is 11.8 Å². The fourth-order valence-corrected chi connectivity index (χ4v) is 7.69. The van der Waals surface area contributed by atoms with Gasteiger partial charge >= 0.3 is 0 Å². The lowest BCUT2D eigenvalue weighted by Gasteiger charge is -2.36. The summed E-state index contributed by atoms with van der Waals surface area (Å²) < 4.78 is 28.4. The van der Waals surface area contributed by atoms with Gasteiger partial charge < -0.3 is 10.2 Å². The highest BCUT2D eigenvalue weighted by Crippen LogP contribution is 2.64. The number of Topliss-reactive ketones (excluding diaryl/α,β-unsaturated/α-hetero) is 1. The third-order valence-corrected chi connectivity index (χ3v) is 9.08. The minimum absolute atomic E-state index is 0.0268. The van der Waals surface area contributed by atoms with Crippen LogP contribution in [0.4, 0.5) is 0 Å². The van der Waals surface area contributed by atoms with Crippen molar-refractivity contribution in [3.05, 3.63) is 0 Å². The topological polar surface area (TPSA) is 113 Å². The van der Waals surface area contributed by atoms with Crippen molar-refractivity contribution in [2.45, 2.75) is 71.9 Å². The average Bonchev–Trinajstić information content (AvgIpc) is 3.24. The van der Waals surface area contributed by atoms with E-state index in [0.29, 0.717) is 38.8 Å². The minimum Gasteiger partial charge on any atom is -0.355 e. The molecular formula is C20H33N3O5S. The van der Waals surface area contributed by atoms with Crippen LogP contribution in [0.5, 0.6) is 0 Å². The van der Waals surface area contributed by atoms with E-state index in [4.69, 9.17) is 0 Å². The van der Waals surface area contributed by atoms with Crippen molar-refractivity contribution in [1.82, 2.24) is 14.9 Å². The van der Waals surface area contributed by atoms with Crippen molar-refractivity contribution in [3.8, 4) is 0 Å². The summed E-state index contributed by atoms with van der Waals surface area (Å²) in [6.07, 6.45) is 3.17. The largest absolute Gasteiger partial charge is 0.355 e. The molecule has 0 spiro atoms. The SMILES string of the molecule is CCNC(=O)[C@@H]1CCCN1C(=O)[C@H](C)NS(=O)(=O)CC12CCC(CC1=O)C2(C)C. The number of carbonyl (C=O) groups is 3. The Labute approximate surface area is 173 Å². The number of fused-ring (bicyclic) bond motifs is 2. The first-order valence-corrected chi connectivity index (χ1v) is 12.2. The highest BCUT2D eigenvalue weighted by Gasteiger charge is 2.65. The summed E-state index contributed by atoms with van der Waals surface area (Å²) in [4.78, 5) is 39.2. The fraction of sp³-hybridized carbons (Fsp3) is 0.850. The molecule has 2 unspecified atom stereocenters. The van der Waals surface area contributed by atoms with Crippen LogP contribution >= 0.6 is 0 Å². The third kappa shape index (κ3) is 3.71. The maximum absolute atomic E-state index is 12.9. The first kappa shape index (κ1) is 22.2. The molecule has 2 aliphatic carbocycles. The predicted octanol–water partition coefficient (Wildman–Crippen LogP) is 0.817. The minimum atomic E-state index is -3.85. The number of hydrogen-bond acceptors (Lipinski definition) is 5. The lowest BCUT2D eigenvalue weighted by atomic mass is 9.70. The number of amides is 2. The number of hydrogen-bond donors (Lipinski definition) is 2. The number of ketones is 1. The monoisotopic (exact) mass is 427 g/mol. The van der Waals surface area contributed by atoms with Crippen LogP contribution in [0.2, 0.25) is 0 Å². The number of nitrogens with zero attached hydrogens (tertiary/aromatic N) is 1. The predicted molar refractivity (Wildman–Crippen MR) is 108 cm³/mol. The summed E-state index contributed by atoms with van der Waals surface area (Å²) in [5.74, 6) is -0.631. The van der Waals surface area contributed by atoms with Gasteiger partial charge in [0.15, 0.2) is 0 Å². The molecule has 0 radical (unpaired) electrons.